The van der Waals surface area contributed by atoms with E-state index >= 15 is 0 Å². The molecule has 0 radical (unpaired) electrons. The van der Waals surface area contributed by atoms with E-state index in [0.29, 0.717) is 17.1 Å². The second kappa shape index (κ2) is 6.26. The molecule has 0 atom stereocenters. The number of phenols is 1. The minimum Gasteiger partial charge on any atom is -0.507 e. The van der Waals surface area contributed by atoms with Gasteiger partial charge in [-0.1, -0.05) is 29.8 Å². The van der Waals surface area contributed by atoms with E-state index in [9.17, 15) is 9.90 Å². The van der Waals surface area contributed by atoms with Crippen LogP contribution in [-0.4, -0.2) is 27.9 Å². The number of phenolic OH excluding ortho intramolecular Hbond substituents is 1. The number of rotatable bonds is 3. The Hall–Kier alpha value is -2.59. The van der Waals surface area contributed by atoms with E-state index in [0.717, 1.165) is 10.9 Å². The number of nitrogens with zero attached hydrogens (tertiary/aromatic N) is 2. The van der Waals surface area contributed by atoms with Crippen molar-refractivity contribution < 1.29 is 9.90 Å². The Kier molecular flexibility index (Phi) is 4.17. The van der Waals surface area contributed by atoms with E-state index in [4.69, 9.17) is 11.6 Å². The number of fused-ring (bicyclic) bond motifs is 1. The van der Waals surface area contributed by atoms with Crippen LogP contribution in [0.5, 0.6) is 5.75 Å². The highest BCUT2D eigenvalue weighted by molar-refractivity contribution is 6.30. The third-order valence-corrected chi connectivity index (χ3v) is 3.88. The number of halogens is 1. The van der Waals surface area contributed by atoms with Crippen LogP contribution in [0.25, 0.3) is 10.9 Å². The first-order valence-corrected chi connectivity index (χ1v) is 7.50. The zero-order valence-corrected chi connectivity index (χ0v) is 13.3. The summed E-state index contributed by atoms with van der Waals surface area (Å²) in [5.74, 6) is -0.302. The molecule has 116 valence electrons. The van der Waals surface area contributed by atoms with Gasteiger partial charge >= 0.3 is 0 Å². The SMILES string of the molecule is CN(Cc1ccc(Cl)cc1)C(=O)c1cc2ncccc2cc1O. The fourth-order valence-corrected chi connectivity index (χ4v) is 2.55. The van der Waals surface area contributed by atoms with Crippen molar-refractivity contribution in [2.24, 2.45) is 0 Å². The zero-order chi connectivity index (χ0) is 16.4. The van der Waals surface area contributed by atoms with Crippen LogP contribution in [0.2, 0.25) is 5.02 Å². The summed E-state index contributed by atoms with van der Waals surface area (Å²) in [5.41, 5.74) is 1.88. The summed E-state index contributed by atoms with van der Waals surface area (Å²) in [7, 11) is 1.69. The standard InChI is InChI=1S/C18H15ClN2O2/c1-21(11-12-4-6-14(19)7-5-12)18(23)15-10-16-13(9-17(15)22)3-2-8-20-16/h2-10,22H,11H2,1H3. The molecule has 4 nitrogen and oxygen atoms in total. The Labute approximate surface area is 139 Å². The van der Waals surface area contributed by atoms with Crippen LogP contribution in [0.1, 0.15) is 15.9 Å². The summed E-state index contributed by atoms with van der Waals surface area (Å²) in [6.45, 7) is 0.426. The molecule has 23 heavy (non-hydrogen) atoms. The van der Waals surface area contributed by atoms with Gasteiger partial charge in [-0.05, 0) is 35.9 Å². The maximum atomic E-state index is 12.6. The monoisotopic (exact) mass is 326 g/mol. The van der Waals surface area contributed by atoms with E-state index in [1.54, 1.807) is 48.5 Å². The molecular formula is C18H15ClN2O2. The molecule has 2 aromatic carbocycles. The molecule has 5 heteroatoms. The van der Waals surface area contributed by atoms with Crippen molar-refractivity contribution in [3.05, 3.63) is 70.9 Å². The lowest BCUT2D eigenvalue weighted by Crippen LogP contribution is -2.26. The molecule has 1 N–H and O–H groups in total. The highest BCUT2D eigenvalue weighted by Crippen LogP contribution is 2.25. The van der Waals surface area contributed by atoms with E-state index in [-0.39, 0.29) is 17.2 Å². The van der Waals surface area contributed by atoms with Gasteiger partial charge in [-0.15, -0.1) is 0 Å². The number of hydrogen-bond acceptors (Lipinski definition) is 3. The first kappa shape index (κ1) is 15.3. The summed E-state index contributed by atoms with van der Waals surface area (Å²) in [6.07, 6.45) is 1.66. The number of aromatic nitrogens is 1. The largest absolute Gasteiger partial charge is 0.507 e. The number of aromatic hydroxyl groups is 1. The van der Waals surface area contributed by atoms with Crippen LogP contribution in [0.4, 0.5) is 0 Å². The molecule has 0 fully saturated rings. The van der Waals surface area contributed by atoms with Gasteiger partial charge in [0.25, 0.3) is 5.91 Å². The molecule has 3 rings (SSSR count). The Morgan fingerprint density at radius 1 is 1.22 bits per heavy atom. The molecule has 0 aliphatic rings. The predicted octanol–water partition coefficient (Wildman–Crippen LogP) is 3.87. The van der Waals surface area contributed by atoms with Crippen LogP contribution in [-0.2, 0) is 6.54 Å². The minimum atomic E-state index is -0.259. The van der Waals surface area contributed by atoms with Gasteiger partial charge in [0.15, 0.2) is 0 Å². The van der Waals surface area contributed by atoms with Crippen molar-refractivity contribution in [3.63, 3.8) is 0 Å². The van der Waals surface area contributed by atoms with Gasteiger partial charge in [-0.3, -0.25) is 9.78 Å². The van der Waals surface area contributed by atoms with Crippen molar-refractivity contribution in [2.75, 3.05) is 7.05 Å². The molecule has 0 saturated heterocycles. The molecule has 1 amide bonds. The number of pyridine rings is 1. The molecule has 0 saturated carbocycles. The van der Waals surface area contributed by atoms with Crippen LogP contribution in [0, 0.1) is 0 Å². The molecule has 0 bridgehead atoms. The number of hydrogen-bond donors (Lipinski definition) is 1. The second-order valence-corrected chi connectivity index (χ2v) is 5.79. The van der Waals surface area contributed by atoms with Gasteiger partial charge in [-0.25, -0.2) is 0 Å². The Morgan fingerprint density at radius 2 is 1.96 bits per heavy atom. The molecule has 1 aromatic heterocycles. The maximum Gasteiger partial charge on any atom is 0.257 e. The van der Waals surface area contributed by atoms with Crippen LogP contribution >= 0.6 is 11.6 Å². The number of carbonyl (C=O) groups is 1. The molecule has 3 aromatic rings. The Bertz CT molecular complexity index is 863. The van der Waals surface area contributed by atoms with Gasteiger partial charge in [0.05, 0.1) is 11.1 Å². The number of benzene rings is 2. The quantitative estimate of drug-likeness (QED) is 0.795. The average Bonchev–Trinajstić information content (AvgIpc) is 2.55. The molecule has 0 spiro atoms. The summed E-state index contributed by atoms with van der Waals surface area (Å²) < 4.78 is 0. The van der Waals surface area contributed by atoms with E-state index in [2.05, 4.69) is 4.98 Å². The predicted molar refractivity (Wildman–Crippen MR) is 90.7 cm³/mol. The zero-order valence-electron chi connectivity index (χ0n) is 12.5. The smallest absolute Gasteiger partial charge is 0.257 e. The number of carbonyl (C=O) groups excluding carboxylic acids is 1. The summed E-state index contributed by atoms with van der Waals surface area (Å²) >= 11 is 5.86. The first-order chi connectivity index (χ1) is 11.0. The third-order valence-electron chi connectivity index (χ3n) is 3.63. The van der Waals surface area contributed by atoms with Gasteiger partial charge in [0.2, 0.25) is 0 Å². The van der Waals surface area contributed by atoms with Crippen LogP contribution in [0.3, 0.4) is 0 Å². The fraction of sp³-hybridized carbons (Fsp3) is 0.111. The van der Waals surface area contributed by atoms with Gasteiger partial charge < -0.3 is 10.0 Å². The normalized spacial score (nSPS) is 10.7. The third kappa shape index (κ3) is 3.27. The lowest BCUT2D eigenvalue weighted by molar-refractivity contribution is 0.0782. The lowest BCUT2D eigenvalue weighted by atomic mass is 10.1. The van der Waals surface area contributed by atoms with Gasteiger partial charge in [0.1, 0.15) is 5.75 Å². The van der Waals surface area contributed by atoms with Gasteiger partial charge in [0, 0.05) is 30.2 Å². The van der Waals surface area contributed by atoms with Crippen molar-refractivity contribution in [3.8, 4) is 5.75 Å². The highest BCUT2D eigenvalue weighted by atomic mass is 35.5. The molecule has 0 aliphatic carbocycles. The maximum absolute atomic E-state index is 12.6. The molecule has 0 unspecified atom stereocenters. The average molecular weight is 327 g/mol. The summed E-state index contributed by atoms with van der Waals surface area (Å²) in [5, 5.41) is 11.6. The van der Waals surface area contributed by atoms with Gasteiger partial charge in [-0.2, -0.15) is 0 Å². The fourth-order valence-electron chi connectivity index (χ4n) is 2.42. The topological polar surface area (TPSA) is 53.4 Å². The second-order valence-electron chi connectivity index (χ2n) is 5.35. The molecule has 0 aliphatic heterocycles. The van der Waals surface area contributed by atoms with E-state index < -0.39 is 0 Å². The minimum absolute atomic E-state index is 0.0431. The van der Waals surface area contributed by atoms with Crippen LogP contribution in [0.15, 0.2) is 54.7 Å². The van der Waals surface area contributed by atoms with Crippen molar-refractivity contribution >= 4 is 28.4 Å². The lowest BCUT2D eigenvalue weighted by Gasteiger charge is -2.18. The van der Waals surface area contributed by atoms with Crippen molar-refractivity contribution in [2.45, 2.75) is 6.54 Å². The van der Waals surface area contributed by atoms with Crippen LogP contribution < -0.4 is 0 Å². The Morgan fingerprint density at radius 3 is 2.70 bits per heavy atom. The Balaban J connectivity index is 1.87. The number of amides is 1. The first-order valence-electron chi connectivity index (χ1n) is 7.12. The van der Waals surface area contributed by atoms with E-state index in [1.165, 1.54) is 0 Å². The molecular weight excluding hydrogens is 312 g/mol. The van der Waals surface area contributed by atoms with Crippen molar-refractivity contribution in [1.29, 1.82) is 0 Å². The molecule has 1 heterocycles. The highest BCUT2D eigenvalue weighted by Gasteiger charge is 2.17. The summed E-state index contributed by atoms with van der Waals surface area (Å²) in [4.78, 5) is 18.4. The van der Waals surface area contributed by atoms with E-state index in [1.807, 2.05) is 18.2 Å². The van der Waals surface area contributed by atoms with Crippen molar-refractivity contribution in [1.82, 2.24) is 9.88 Å². The summed E-state index contributed by atoms with van der Waals surface area (Å²) in [6, 6.07) is 14.1.